The number of nitrogens with zero attached hydrogens (tertiary/aromatic N) is 1. The molecule has 5 heteroatoms. The summed E-state index contributed by atoms with van der Waals surface area (Å²) >= 11 is 0. The van der Waals surface area contributed by atoms with Crippen LogP contribution in [0.1, 0.15) is 39.5 Å². The number of primary amides is 1. The molecule has 3 N–H and O–H groups in total. The first-order valence-corrected chi connectivity index (χ1v) is 7.23. The van der Waals surface area contributed by atoms with E-state index in [4.69, 9.17) is 10.5 Å². The Labute approximate surface area is 119 Å². The highest BCUT2D eigenvalue weighted by Gasteiger charge is 2.25. The first-order valence-electron chi connectivity index (χ1n) is 7.23. The molecule has 1 heterocycles. The van der Waals surface area contributed by atoms with Crippen molar-refractivity contribution >= 4 is 11.7 Å². The summed E-state index contributed by atoms with van der Waals surface area (Å²) in [6.07, 6.45) is 5.44. The zero-order valence-corrected chi connectivity index (χ0v) is 12.1. The average molecular weight is 277 g/mol. The van der Waals surface area contributed by atoms with Crippen molar-refractivity contribution in [3.8, 4) is 5.75 Å². The van der Waals surface area contributed by atoms with Crippen molar-refractivity contribution in [1.82, 2.24) is 4.98 Å². The van der Waals surface area contributed by atoms with Crippen LogP contribution in [0.25, 0.3) is 0 Å². The van der Waals surface area contributed by atoms with Gasteiger partial charge in [0.15, 0.2) is 11.6 Å². The van der Waals surface area contributed by atoms with E-state index in [1.807, 2.05) is 26.0 Å². The predicted octanol–water partition coefficient (Wildman–Crippen LogP) is 2.32. The van der Waals surface area contributed by atoms with E-state index < -0.39 is 0 Å². The maximum Gasteiger partial charge on any atom is 0.220 e. The smallest absolute Gasteiger partial charge is 0.220 e. The van der Waals surface area contributed by atoms with E-state index in [1.165, 1.54) is 0 Å². The molecular weight excluding hydrogens is 254 g/mol. The molecule has 0 atom stereocenters. The number of nitrogens with one attached hydrogen (secondary N) is 1. The fraction of sp³-hybridized carbons (Fsp3) is 0.600. The van der Waals surface area contributed by atoms with Crippen LogP contribution in [-0.4, -0.2) is 23.0 Å². The summed E-state index contributed by atoms with van der Waals surface area (Å²) in [6.45, 7) is 3.99. The molecule has 1 amide bonds. The molecule has 1 aliphatic rings. The van der Waals surface area contributed by atoms with Crippen molar-refractivity contribution in [2.75, 3.05) is 5.32 Å². The SMILES string of the molecule is CC(C)Oc1cccnc1NC1CCC(C(N)=O)CC1. The van der Waals surface area contributed by atoms with E-state index in [1.54, 1.807) is 6.20 Å². The molecule has 0 aromatic carbocycles. The highest BCUT2D eigenvalue weighted by Crippen LogP contribution is 2.29. The summed E-state index contributed by atoms with van der Waals surface area (Å²) in [4.78, 5) is 15.5. The molecule has 1 aromatic heterocycles. The van der Waals surface area contributed by atoms with Gasteiger partial charge in [0.2, 0.25) is 5.91 Å². The first-order chi connectivity index (χ1) is 9.56. The zero-order valence-electron chi connectivity index (χ0n) is 12.1. The van der Waals surface area contributed by atoms with Gasteiger partial charge in [0.1, 0.15) is 0 Å². The lowest BCUT2D eigenvalue weighted by atomic mass is 9.85. The Morgan fingerprint density at radius 3 is 2.70 bits per heavy atom. The van der Waals surface area contributed by atoms with Crippen molar-refractivity contribution in [2.24, 2.45) is 11.7 Å². The molecule has 110 valence electrons. The van der Waals surface area contributed by atoms with Crippen LogP contribution >= 0.6 is 0 Å². The maximum absolute atomic E-state index is 11.2. The third-order valence-electron chi connectivity index (χ3n) is 3.60. The van der Waals surface area contributed by atoms with Crippen LogP contribution < -0.4 is 15.8 Å². The van der Waals surface area contributed by atoms with Crippen LogP contribution in [-0.2, 0) is 4.79 Å². The van der Waals surface area contributed by atoms with Gasteiger partial charge in [-0.15, -0.1) is 0 Å². The van der Waals surface area contributed by atoms with Crippen LogP contribution in [0.2, 0.25) is 0 Å². The lowest BCUT2D eigenvalue weighted by Crippen LogP contribution is -2.32. The molecule has 5 nitrogen and oxygen atoms in total. The molecule has 20 heavy (non-hydrogen) atoms. The van der Waals surface area contributed by atoms with Gasteiger partial charge in [0, 0.05) is 18.2 Å². The van der Waals surface area contributed by atoms with E-state index in [-0.39, 0.29) is 17.9 Å². The van der Waals surface area contributed by atoms with Crippen LogP contribution in [0.5, 0.6) is 5.75 Å². The molecule has 1 saturated carbocycles. The summed E-state index contributed by atoms with van der Waals surface area (Å²) in [7, 11) is 0. The molecule has 0 spiro atoms. The summed E-state index contributed by atoms with van der Waals surface area (Å²) in [6, 6.07) is 4.12. The Kier molecular flexibility index (Phi) is 4.82. The summed E-state index contributed by atoms with van der Waals surface area (Å²) < 4.78 is 5.75. The van der Waals surface area contributed by atoms with Crippen LogP contribution in [0, 0.1) is 5.92 Å². The quantitative estimate of drug-likeness (QED) is 0.866. The molecular formula is C15H23N3O2. The highest BCUT2D eigenvalue weighted by atomic mass is 16.5. The largest absolute Gasteiger partial charge is 0.487 e. The standard InChI is InChI=1S/C15H23N3O2/c1-10(2)20-13-4-3-9-17-15(13)18-12-7-5-11(6-8-12)14(16)19/h3-4,9-12H,5-8H2,1-2H3,(H2,16,19)(H,17,18). The second-order valence-electron chi connectivity index (χ2n) is 5.61. The Morgan fingerprint density at radius 2 is 2.10 bits per heavy atom. The van der Waals surface area contributed by atoms with E-state index in [2.05, 4.69) is 10.3 Å². The van der Waals surface area contributed by atoms with Gasteiger partial charge in [0.25, 0.3) is 0 Å². The number of amides is 1. The maximum atomic E-state index is 11.2. The van der Waals surface area contributed by atoms with Crippen molar-refractivity contribution in [2.45, 2.75) is 51.7 Å². The Morgan fingerprint density at radius 1 is 1.40 bits per heavy atom. The van der Waals surface area contributed by atoms with Gasteiger partial charge in [-0.05, 0) is 51.7 Å². The van der Waals surface area contributed by atoms with Gasteiger partial charge >= 0.3 is 0 Å². The Bertz CT molecular complexity index is 454. The summed E-state index contributed by atoms with van der Waals surface area (Å²) in [5.41, 5.74) is 5.35. The molecule has 0 saturated heterocycles. The molecule has 1 aliphatic carbocycles. The minimum atomic E-state index is -0.176. The topological polar surface area (TPSA) is 77.2 Å². The summed E-state index contributed by atoms with van der Waals surface area (Å²) in [5.74, 6) is 1.41. The van der Waals surface area contributed by atoms with Gasteiger partial charge < -0.3 is 15.8 Å². The normalized spacial score (nSPS) is 22.6. The van der Waals surface area contributed by atoms with E-state index >= 15 is 0 Å². The molecule has 1 aromatic rings. The Balaban J connectivity index is 1.96. The second kappa shape index (κ2) is 6.59. The summed E-state index contributed by atoms with van der Waals surface area (Å²) in [5, 5.41) is 3.43. The number of nitrogens with two attached hydrogens (primary N) is 1. The number of carbonyl (C=O) groups excluding carboxylic acids is 1. The minimum absolute atomic E-state index is 0.0307. The van der Waals surface area contributed by atoms with Gasteiger partial charge in [-0.25, -0.2) is 4.98 Å². The number of ether oxygens (including phenoxy) is 1. The highest BCUT2D eigenvalue weighted by molar-refractivity contribution is 5.76. The number of hydrogen-bond acceptors (Lipinski definition) is 4. The molecule has 0 unspecified atom stereocenters. The monoisotopic (exact) mass is 277 g/mol. The third kappa shape index (κ3) is 3.85. The number of rotatable bonds is 5. The zero-order chi connectivity index (χ0) is 14.5. The Hall–Kier alpha value is -1.78. The van der Waals surface area contributed by atoms with Crippen LogP contribution in [0.4, 0.5) is 5.82 Å². The lowest BCUT2D eigenvalue weighted by Gasteiger charge is -2.28. The van der Waals surface area contributed by atoms with Crippen LogP contribution in [0.3, 0.4) is 0 Å². The van der Waals surface area contributed by atoms with Gasteiger partial charge in [-0.1, -0.05) is 0 Å². The average Bonchev–Trinajstić information content (AvgIpc) is 2.41. The number of hydrogen-bond donors (Lipinski definition) is 2. The van der Waals surface area contributed by atoms with Crippen molar-refractivity contribution < 1.29 is 9.53 Å². The molecule has 2 rings (SSSR count). The molecule has 0 radical (unpaired) electrons. The van der Waals surface area contributed by atoms with Gasteiger partial charge in [0.05, 0.1) is 6.10 Å². The third-order valence-corrected chi connectivity index (χ3v) is 3.60. The van der Waals surface area contributed by atoms with Gasteiger partial charge in [-0.3, -0.25) is 4.79 Å². The lowest BCUT2D eigenvalue weighted by molar-refractivity contribution is -0.122. The van der Waals surface area contributed by atoms with Crippen molar-refractivity contribution in [1.29, 1.82) is 0 Å². The molecule has 0 bridgehead atoms. The second-order valence-corrected chi connectivity index (χ2v) is 5.61. The van der Waals surface area contributed by atoms with Crippen molar-refractivity contribution in [3.63, 3.8) is 0 Å². The number of aromatic nitrogens is 1. The minimum Gasteiger partial charge on any atom is -0.487 e. The number of pyridine rings is 1. The first kappa shape index (κ1) is 14.6. The molecule has 1 fully saturated rings. The van der Waals surface area contributed by atoms with E-state index in [9.17, 15) is 4.79 Å². The van der Waals surface area contributed by atoms with Crippen molar-refractivity contribution in [3.05, 3.63) is 18.3 Å². The number of carbonyl (C=O) groups is 1. The fourth-order valence-electron chi connectivity index (χ4n) is 2.56. The molecule has 0 aliphatic heterocycles. The number of anilines is 1. The van der Waals surface area contributed by atoms with E-state index in [0.717, 1.165) is 37.3 Å². The predicted molar refractivity (Wildman–Crippen MR) is 78.6 cm³/mol. The van der Waals surface area contributed by atoms with Gasteiger partial charge in [-0.2, -0.15) is 0 Å². The van der Waals surface area contributed by atoms with Crippen LogP contribution in [0.15, 0.2) is 18.3 Å². The van der Waals surface area contributed by atoms with E-state index in [0.29, 0.717) is 6.04 Å². The fourth-order valence-corrected chi connectivity index (χ4v) is 2.56.